The van der Waals surface area contributed by atoms with Crippen LogP contribution in [0.25, 0.3) is 0 Å². The first-order valence-electron chi connectivity index (χ1n) is 4.71. The topological polar surface area (TPSA) is 35.2 Å². The smallest absolute Gasteiger partial charge is 0.109 e. The van der Waals surface area contributed by atoms with Crippen molar-refractivity contribution in [3.63, 3.8) is 0 Å². The van der Waals surface area contributed by atoms with E-state index in [9.17, 15) is 0 Å². The minimum absolute atomic E-state index is 0.0903. The Hall–Kier alpha value is -0.500. The van der Waals surface area contributed by atoms with E-state index >= 15 is 0 Å². The largest absolute Gasteiger partial charge is 0.496 e. The molecule has 2 heteroatoms. The van der Waals surface area contributed by atoms with Crippen molar-refractivity contribution in [2.45, 2.75) is 33.2 Å². The summed E-state index contributed by atoms with van der Waals surface area (Å²) in [6, 6.07) is 0.0903. The highest BCUT2D eigenvalue weighted by molar-refractivity contribution is 5.07. The third-order valence-corrected chi connectivity index (χ3v) is 2.68. The Morgan fingerprint density at radius 2 is 2.08 bits per heavy atom. The lowest BCUT2D eigenvalue weighted by molar-refractivity contribution is 0.198. The van der Waals surface area contributed by atoms with Gasteiger partial charge in [0.25, 0.3) is 0 Å². The van der Waals surface area contributed by atoms with Gasteiger partial charge < -0.3 is 10.5 Å². The summed E-state index contributed by atoms with van der Waals surface area (Å²) in [5.41, 5.74) is 6.03. The molecule has 2 atom stereocenters. The Bertz CT molecular complexity index is 175. The molecular formula is C10H19NO. The first-order valence-corrected chi connectivity index (χ1v) is 4.71. The fourth-order valence-corrected chi connectivity index (χ4v) is 1.34. The van der Waals surface area contributed by atoms with E-state index < -0.39 is 0 Å². The molecule has 0 aromatic heterocycles. The predicted octanol–water partition coefficient (Wildman–Crippen LogP) is 1.91. The van der Waals surface area contributed by atoms with E-state index in [0.717, 1.165) is 18.8 Å². The van der Waals surface area contributed by atoms with Gasteiger partial charge in [0.05, 0.1) is 12.6 Å². The van der Waals surface area contributed by atoms with Crippen LogP contribution in [0.15, 0.2) is 11.8 Å². The number of nitrogens with two attached hydrogens (primary N) is 1. The summed E-state index contributed by atoms with van der Waals surface area (Å²) in [6.45, 7) is 7.38. The van der Waals surface area contributed by atoms with E-state index in [1.54, 1.807) is 0 Å². The Morgan fingerprint density at radius 3 is 2.50 bits per heavy atom. The van der Waals surface area contributed by atoms with Crippen molar-refractivity contribution in [1.29, 1.82) is 0 Å². The van der Waals surface area contributed by atoms with E-state index in [2.05, 4.69) is 26.8 Å². The SMILES string of the molecule is CC(C)C(C)C(N)C1=CCCO1. The average Bonchev–Trinajstić information content (AvgIpc) is 2.53. The average molecular weight is 169 g/mol. The van der Waals surface area contributed by atoms with E-state index in [-0.39, 0.29) is 6.04 Å². The van der Waals surface area contributed by atoms with Crippen molar-refractivity contribution < 1.29 is 4.74 Å². The van der Waals surface area contributed by atoms with Gasteiger partial charge in [-0.2, -0.15) is 0 Å². The quantitative estimate of drug-likeness (QED) is 0.700. The maximum atomic E-state index is 6.03. The molecule has 1 aliphatic heterocycles. The van der Waals surface area contributed by atoms with Crippen molar-refractivity contribution in [3.05, 3.63) is 11.8 Å². The summed E-state index contributed by atoms with van der Waals surface area (Å²) >= 11 is 0. The molecule has 0 saturated carbocycles. The van der Waals surface area contributed by atoms with Crippen LogP contribution in [0.3, 0.4) is 0 Å². The molecule has 2 N–H and O–H groups in total. The molecule has 1 heterocycles. The highest BCUT2D eigenvalue weighted by atomic mass is 16.5. The third-order valence-electron chi connectivity index (χ3n) is 2.68. The summed E-state index contributed by atoms with van der Waals surface area (Å²) in [6.07, 6.45) is 3.14. The molecule has 0 spiro atoms. The fraction of sp³-hybridized carbons (Fsp3) is 0.800. The fourth-order valence-electron chi connectivity index (χ4n) is 1.34. The van der Waals surface area contributed by atoms with Crippen LogP contribution in [0.2, 0.25) is 0 Å². The number of ether oxygens (including phenoxy) is 1. The van der Waals surface area contributed by atoms with Gasteiger partial charge in [-0.05, 0) is 17.9 Å². The molecule has 0 aliphatic carbocycles. The molecule has 0 saturated heterocycles. The molecule has 70 valence electrons. The van der Waals surface area contributed by atoms with E-state index in [1.165, 1.54) is 0 Å². The van der Waals surface area contributed by atoms with Crippen LogP contribution in [-0.4, -0.2) is 12.6 Å². The zero-order valence-corrected chi connectivity index (χ0v) is 8.21. The summed E-state index contributed by atoms with van der Waals surface area (Å²) < 4.78 is 5.42. The summed E-state index contributed by atoms with van der Waals surface area (Å²) in [4.78, 5) is 0. The molecule has 2 nitrogen and oxygen atoms in total. The number of hydrogen-bond acceptors (Lipinski definition) is 2. The molecule has 2 unspecified atom stereocenters. The predicted molar refractivity (Wildman–Crippen MR) is 50.6 cm³/mol. The Labute approximate surface area is 74.8 Å². The van der Waals surface area contributed by atoms with E-state index in [1.807, 2.05) is 0 Å². The summed E-state index contributed by atoms with van der Waals surface area (Å²) in [5.74, 6) is 2.11. The standard InChI is InChI=1S/C10H19NO/c1-7(2)8(3)10(11)9-5-4-6-12-9/h5,7-8,10H,4,6,11H2,1-3H3. The van der Waals surface area contributed by atoms with Gasteiger partial charge in [-0.1, -0.05) is 20.8 Å². The molecular weight excluding hydrogens is 150 g/mol. The molecule has 1 rings (SSSR count). The van der Waals surface area contributed by atoms with Crippen LogP contribution in [0.5, 0.6) is 0 Å². The van der Waals surface area contributed by atoms with Crippen molar-refractivity contribution in [2.75, 3.05) is 6.61 Å². The lowest BCUT2D eigenvalue weighted by atomic mass is 9.90. The zero-order valence-electron chi connectivity index (χ0n) is 8.21. The molecule has 1 aliphatic rings. The first kappa shape index (κ1) is 9.59. The summed E-state index contributed by atoms with van der Waals surface area (Å²) in [5, 5.41) is 0. The minimum atomic E-state index is 0.0903. The van der Waals surface area contributed by atoms with Gasteiger partial charge in [-0.25, -0.2) is 0 Å². The molecule has 0 amide bonds. The second kappa shape index (κ2) is 3.94. The summed E-state index contributed by atoms with van der Waals surface area (Å²) in [7, 11) is 0. The van der Waals surface area contributed by atoms with Crippen molar-refractivity contribution in [2.24, 2.45) is 17.6 Å². The monoisotopic (exact) mass is 169 g/mol. The van der Waals surface area contributed by atoms with Gasteiger partial charge in [0.15, 0.2) is 0 Å². The first-order chi connectivity index (χ1) is 5.63. The second-order valence-electron chi connectivity index (χ2n) is 3.87. The third kappa shape index (κ3) is 2.01. The maximum absolute atomic E-state index is 6.03. The lowest BCUT2D eigenvalue weighted by Gasteiger charge is -2.23. The molecule has 0 fully saturated rings. The van der Waals surface area contributed by atoms with Gasteiger partial charge >= 0.3 is 0 Å². The molecule has 12 heavy (non-hydrogen) atoms. The van der Waals surface area contributed by atoms with E-state index in [4.69, 9.17) is 10.5 Å². The van der Waals surface area contributed by atoms with Crippen molar-refractivity contribution >= 4 is 0 Å². The van der Waals surface area contributed by atoms with Gasteiger partial charge in [-0.3, -0.25) is 0 Å². The lowest BCUT2D eigenvalue weighted by Crippen LogP contribution is -2.33. The van der Waals surface area contributed by atoms with E-state index in [0.29, 0.717) is 11.8 Å². The molecule has 0 aromatic rings. The van der Waals surface area contributed by atoms with Gasteiger partial charge in [-0.15, -0.1) is 0 Å². The van der Waals surface area contributed by atoms with Crippen LogP contribution in [0.1, 0.15) is 27.2 Å². The molecule has 0 bridgehead atoms. The van der Waals surface area contributed by atoms with Crippen molar-refractivity contribution in [1.82, 2.24) is 0 Å². The van der Waals surface area contributed by atoms with Gasteiger partial charge in [0.1, 0.15) is 5.76 Å². The highest BCUT2D eigenvalue weighted by Crippen LogP contribution is 2.22. The molecule has 0 aromatic carbocycles. The van der Waals surface area contributed by atoms with Gasteiger partial charge in [0.2, 0.25) is 0 Å². The molecule has 0 radical (unpaired) electrons. The van der Waals surface area contributed by atoms with Crippen LogP contribution in [0.4, 0.5) is 0 Å². The second-order valence-corrected chi connectivity index (χ2v) is 3.87. The Balaban J connectivity index is 2.51. The number of hydrogen-bond donors (Lipinski definition) is 1. The van der Waals surface area contributed by atoms with Crippen LogP contribution < -0.4 is 5.73 Å². The highest BCUT2D eigenvalue weighted by Gasteiger charge is 2.22. The van der Waals surface area contributed by atoms with Gasteiger partial charge in [0, 0.05) is 6.42 Å². The van der Waals surface area contributed by atoms with Crippen LogP contribution in [-0.2, 0) is 4.74 Å². The van der Waals surface area contributed by atoms with Crippen LogP contribution >= 0.6 is 0 Å². The van der Waals surface area contributed by atoms with Crippen LogP contribution in [0, 0.1) is 11.8 Å². The zero-order chi connectivity index (χ0) is 9.14. The maximum Gasteiger partial charge on any atom is 0.109 e. The number of rotatable bonds is 3. The minimum Gasteiger partial charge on any atom is -0.496 e. The Kier molecular flexibility index (Phi) is 3.15. The Morgan fingerprint density at radius 1 is 1.42 bits per heavy atom. The van der Waals surface area contributed by atoms with Crippen molar-refractivity contribution in [3.8, 4) is 0 Å². The normalized spacial score (nSPS) is 21.9.